The van der Waals surface area contributed by atoms with Crippen LogP contribution in [-0.4, -0.2) is 28.6 Å². The second kappa shape index (κ2) is 9.88. The van der Waals surface area contributed by atoms with E-state index in [0.717, 1.165) is 5.71 Å². The lowest BCUT2D eigenvalue weighted by Crippen LogP contribution is -2.45. The zero-order valence-electron chi connectivity index (χ0n) is 18.8. The van der Waals surface area contributed by atoms with Gasteiger partial charge in [0.15, 0.2) is 0 Å². The average Bonchev–Trinajstić information content (AvgIpc) is 2.84. The second-order valence-electron chi connectivity index (χ2n) is 8.62. The van der Waals surface area contributed by atoms with Gasteiger partial charge in [0.25, 0.3) is 0 Å². The predicted octanol–water partition coefficient (Wildman–Crippen LogP) is 5.68. The molecule has 3 atom stereocenters. The van der Waals surface area contributed by atoms with Crippen molar-refractivity contribution in [2.45, 2.75) is 32.4 Å². The monoisotopic (exact) mass is 427 g/mol. The Balaban J connectivity index is 1.73. The van der Waals surface area contributed by atoms with E-state index in [1.165, 1.54) is 17.3 Å². The molecule has 0 bridgehead atoms. The minimum absolute atomic E-state index is 0.115. The third kappa shape index (κ3) is 4.63. The van der Waals surface area contributed by atoms with Crippen molar-refractivity contribution in [1.29, 1.82) is 0 Å². The topological polar surface area (TPSA) is 54.8 Å². The highest BCUT2D eigenvalue weighted by Gasteiger charge is 2.42. The molecule has 1 aliphatic heterocycles. The number of oxime groups is 1. The van der Waals surface area contributed by atoms with Crippen LogP contribution in [0.1, 0.15) is 53.8 Å². The number of hydrogen-bond acceptors (Lipinski definition) is 5. The molecule has 164 valence electrons. The van der Waals surface area contributed by atoms with Gasteiger partial charge in [0.1, 0.15) is 0 Å². The minimum Gasteiger partial charge on any atom is -0.313 e. The number of benzene rings is 2. The van der Waals surface area contributed by atoms with Crippen molar-refractivity contribution in [3.8, 4) is 0 Å². The van der Waals surface area contributed by atoms with Gasteiger partial charge in [-0.25, -0.2) is 4.79 Å². The highest BCUT2D eigenvalue weighted by Crippen LogP contribution is 2.45. The summed E-state index contributed by atoms with van der Waals surface area (Å²) in [4.78, 5) is 24.4. The van der Waals surface area contributed by atoms with Crippen LogP contribution in [0.2, 0.25) is 0 Å². The summed E-state index contributed by atoms with van der Waals surface area (Å²) in [6.07, 6.45) is 3.83. The number of aromatic nitrogens is 1. The number of pyridine rings is 1. The van der Waals surface area contributed by atoms with Gasteiger partial charge >= 0.3 is 5.97 Å². The summed E-state index contributed by atoms with van der Waals surface area (Å²) in [5.41, 5.74) is 3.77. The Labute approximate surface area is 189 Å². The zero-order chi connectivity index (χ0) is 22.5. The second-order valence-corrected chi connectivity index (χ2v) is 8.62. The maximum Gasteiger partial charge on any atom is 0.367 e. The maximum atomic E-state index is 12.6. The number of nitrogens with zero attached hydrogens (tertiary/aromatic N) is 3. The van der Waals surface area contributed by atoms with E-state index in [0.29, 0.717) is 17.9 Å². The summed E-state index contributed by atoms with van der Waals surface area (Å²) < 4.78 is 0. The molecular weight excluding hydrogens is 398 g/mol. The van der Waals surface area contributed by atoms with Crippen LogP contribution < -0.4 is 0 Å². The lowest BCUT2D eigenvalue weighted by atomic mass is 9.74. The molecule has 0 aliphatic carbocycles. The fourth-order valence-electron chi connectivity index (χ4n) is 4.71. The average molecular weight is 428 g/mol. The number of piperidine rings is 1. The number of carbonyl (C=O) groups excluding carboxylic acids is 1. The van der Waals surface area contributed by atoms with E-state index in [2.05, 4.69) is 84.5 Å². The molecule has 4 rings (SSSR count). The van der Waals surface area contributed by atoms with Crippen LogP contribution in [0.4, 0.5) is 0 Å². The highest BCUT2D eigenvalue weighted by atomic mass is 16.7. The van der Waals surface area contributed by atoms with E-state index in [1.54, 1.807) is 18.3 Å². The van der Waals surface area contributed by atoms with Crippen molar-refractivity contribution >= 4 is 11.7 Å². The molecule has 1 aromatic heterocycles. The predicted molar refractivity (Wildman–Crippen MR) is 126 cm³/mol. The lowest BCUT2D eigenvalue weighted by Gasteiger charge is -2.46. The Bertz CT molecular complexity index is 1050. The Morgan fingerprint density at radius 1 is 1.00 bits per heavy atom. The molecule has 0 radical (unpaired) electrons. The van der Waals surface area contributed by atoms with E-state index in [4.69, 9.17) is 4.84 Å². The van der Waals surface area contributed by atoms with Crippen LogP contribution in [0.5, 0.6) is 0 Å². The molecule has 2 aromatic carbocycles. The van der Waals surface area contributed by atoms with Gasteiger partial charge < -0.3 is 4.84 Å². The molecule has 2 heterocycles. The first kappa shape index (κ1) is 21.9. The van der Waals surface area contributed by atoms with Crippen LogP contribution in [0.25, 0.3) is 0 Å². The van der Waals surface area contributed by atoms with Gasteiger partial charge in [-0.05, 0) is 36.2 Å². The smallest absolute Gasteiger partial charge is 0.313 e. The first-order valence-electron chi connectivity index (χ1n) is 11.1. The minimum atomic E-state index is -0.487. The van der Waals surface area contributed by atoms with Gasteiger partial charge in [-0.1, -0.05) is 79.7 Å². The van der Waals surface area contributed by atoms with Crippen molar-refractivity contribution in [2.75, 3.05) is 7.05 Å². The SMILES string of the molecule is CC(C)[C@H]1/C(=N/OC(=O)c2cccnc2)C[C@H](c2ccccc2)N(C)[C@@H]1c1ccccc1. The molecule has 3 aromatic rings. The summed E-state index contributed by atoms with van der Waals surface area (Å²) in [5, 5.41) is 4.46. The highest BCUT2D eigenvalue weighted by molar-refractivity contribution is 5.92. The molecule has 0 saturated carbocycles. The van der Waals surface area contributed by atoms with Gasteiger partial charge in [-0.3, -0.25) is 9.88 Å². The number of carbonyl (C=O) groups is 1. The molecule has 1 fully saturated rings. The standard InChI is InChI=1S/C27H29N3O2/c1-19(2)25-23(29-32-27(31)22-15-10-16-28-18-22)17-24(20-11-6-4-7-12-20)30(3)26(25)21-13-8-5-9-14-21/h4-16,18-19,24-26H,17H2,1-3H3/b29-23+/t24-,25+,26-/m1/s1. The van der Waals surface area contributed by atoms with E-state index < -0.39 is 5.97 Å². The molecule has 0 unspecified atom stereocenters. The van der Waals surface area contributed by atoms with Crippen LogP contribution in [-0.2, 0) is 4.84 Å². The van der Waals surface area contributed by atoms with Crippen molar-refractivity contribution in [3.05, 3.63) is 102 Å². The van der Waals surface area contributed by atoms with Crippen LogP contribution in [0, 0.1) is 11.8 Å². The van der Waals surface area contributed by atoms with E-state index in [1.807, 2.05) is 12.1 Å². The van der Waals surface area contributed by atoms with Crippen molar-refractivity contribution in [2.24, 2.45) is 17.0 Å². The van der Waals surface area contributed by atoms with Gasteiger partial charge in [-0.2, -0.15) is 0 Å². The molecule has 1 saturated heterocycles. The zero-order valence-corrected chi connectivity index (χ0v) is 18.8. The lowest BCUT2D eigenvalue weighted by molar-refractivity contribution is 0.0490. The number of likely N-dealkylation sites (tertiary alicyclic amines) is 1. The third-order valence-corrected chi connectivity index (χ3v) is 6.24. The molecular formula is C27H29N3O2. The molecule has 0 spiro atoms. The molecule has 5 nitrogen and oxygen atoms in total. The first-order valence-corrected chi connectivity index (χ1v) is 11.1. The fourth-order valence-corrected chi connectivity index (χ4v) is 4.71. The summed E-state index contributed by atoms with van der Waals surface area (Å²) in [7, 11) is 2.18. The summed E-state index contributed by atoms with van der Waals surface area (Å²) in [6, 6.07) is 24.6. The quantitative estimate of drug-likeness (QED) is 0.388. The van der Waals surface area contributed by atoms with Gasteiger partial charge in [-0.15, -0.1) is 0 Å². The van der Waals surface area contributed by atoms with Gasteiger partial charge in [0.05, 0.1) is 11.3 Å². The third-order valence-electron chi connectivity index (χ3n) is 6.24. The van der Waals surface area contributed by atoms with Crippen LogP contribution in [0.3, 0.4) is 0 Å². The Kier molecular flexibility index (Phi) is 6.76. The van der Waals surface area contributed by atoms with E-state index >= 15 is 0 Å². The Morgan fingerprint density at radius 2 is 1.66 bits per heavy atom. The van der Waals surface area contributed by atoms with Gasteiger partial charge in [0.2, 0.25) is 0 Å². The molecule has 0 N–H and O–H groups in total. The summed E-state index contributed by atoms with van der Waals surface area (Å²) in [6.45, 7) is 4.41. The van der Waals surface area contributed by atoms with E-state index in [9.17, 15) is 4.79 Å². The molecule has 0 amide bonds. The van der Waals surface area contributed by atoms with Crippen molar-refractivity contribution in [1.82, 2.24) is 9.88 Å². The summed E-state index contributed by atoms with van der Waals surface area (Å²) >= 11 is 0. The normalized spacial score (nSPS) is 22.8. The fraction of sp³-hybridized carbons (Fsp3) is 0.296. The maximum absolute atomic E-state index is 12.6. The van der Waals surface area contributed by atoms with E-state index in [-0.39, 0.29) is 18.0 Å². The van der Waals surface area contributed by atoms with Crippen LogP contribution in [0.15, 0.2) is 90.3 Å². The molecule has 1 aliphatic rings. The molecule has 5 heteroatoms. The first-order chi connectivity index (χ1) is 15.6. The number of hydrogen-bond donors (Lipinski definition) is 0. The number of rotatable bonds is 5. The van der Waals surface area contributed by atoms with Gasteiger partial charge in [0, 0.05) is 36.8 Å². The van der Waals surface area contributed by atoms with Crippen molar-refractivity contribution in [3.63, 3.8) is 0 Å². The summed E-state index contributed by atoms with van der Waals surface area (Å²) in [5.74, 6) is -0.0566. The Hall–Kier alpha value is -3.31. The van der Waals surface area contributed by atoms with Crippen LogP contribution >= 0.6 is 0 Å². The largest absolute Gasteiger partial charge is 0.367 e. The Morgan fingerprint density at radius 3 is 2.25 bits per heavy atom. The molecule has 32 heavy (non-hydrogen) atoms. The van der Waals surface area contributed by atoms with Crippen molar-refractivity contribution < 1.29 is 9.63 Å².